The first-order valence-corrected chi connectivity index (χ1v) is 13.8. The first-order valence-electron chi connectivity index (χ1n) is 13.0. The van der Waals surface area contributed by atoms with Crippen molar-refractivity contribution in [1.29, 1.82) is 0 Å². The second kappa shape index (κ2) is 10.4. The summed E-state index contributed by atoms with van der Waals surface area (Å²) in [5.41, 5.74) is 5.18. The lowest BCUT2D eigenvalue weighted by atomic mass is 9.87. The van der Waals surface area contributed by atoms with Gasteiger partial charge in [0.2, 0.25) is 0 Å². The number of amides is 1. The van der Waals surface area contributed by atoms with Crippen LogP contribution < -0.4 is 9.64 Å². The lowest BCUT2D eigenvalue weighted by Crippen LogP contribution is -2.44. The van der Waals surface area contributed by atoms with Crippen molar-refractivity contribution < 1.29 is 14.3 Å². The van der Waals surface area contributed by atoms with Crippen LogP contribution in [0.25, 0.3) is 11.6 Å². The maximum absolute atomic E-state index is 13.7. The van der Waals surface area contributed by atoms with Crippen LogP contribution in [0.5, 0.6) is 5.75 Å². The zero-order valence-corrected chi connectivity index (χ0v) is 23.1. The molecule has 0 radical (unpaired) electrons. The van der Waals surface area contributed by atoms with Gasteiger partial charge in [-0.05, 0) is 82.1 Å². The quantitative estimate of drug-likeness (QED) is 0.410. The monoisotopic (exact) mass is 517 g/mol. The number of likely N-dealkylation sites (N-methyl/N-ethyl adjacent to an activating group) is 1. The summed E-state index contributed by atoms with van der Waals surface area (Å²) >= 11 is 1.41. The van der Waals surface area contributed by atoms with Crippen LogP contribution in [0, 0.1) is 0 Å². The molecule has 2 aromatic carbocycles. The first kappa shape index (κ1) is 25.6. The van der Waals surface area contributed by atoms with Crippen molar-refractivity contribution in [3.8, 4) is 5.75 Å². The predicted octanol–water partition coefficient (Wildman–Crippen LogP) is 6.50. The fourth-order valence-corrected chi connectivity index (χ4v) is 6.49. The van der Waals surface area contributed by atoms with E-state index >= 15 is 0 Å². The van der Waals surface area contributed by atoms with Gasteiger partial charge in [-0.15, -0.1) is 0 Å². The number of hydrogen-bond acceptors (Lipinski definition) is 6. The number of carbonyl (C=O) groups is 1. The third-order valence-electron chi connectivity index (χ3n) is 7.21. The van der Waals surface area contributed by atoms with Gasteiger partial charge in [0.25, 0.3) is 5.91 Å². The van der Waals surface area contributed by atoms with E-state index in [4.69, 9.17) is 14.5 Å². The van der Waals surface area contributed by atoms with Gasteiger partial charge < -0.3 is 14.4 Å². The molecule has 3 heterocycles. The van der Waals surface area contributed by atoms with E-state index in [1.54, 1.807) is 12.0 Å². The summed E-state index contributed by atoms with van der Waals surface area (Å²) in [4.78, 5) is 23.3. The lowest BCUT2D eigenvalue weighted by Gasteiger charge is -2.43. The molecule has 7 heteroatoms. The Bertz CT molecular complexity index is 1280. The normalized spacial score (nSPS) is 23.1. The minimum atomic E-state index is -0.0836. The average molecular weight is 518 g/mol. The number of rotatable bonds is 6. The average Bonchev–Trinajstić information content (AvgIpc) is 3.49. The Labute approximate surface area is 224 Å². The molecule has 3 aliphatic rings. The second-order valence-electron chi connectivity index (χ2n) is 10.2. The number of thioether (sulfide) groups is 1. The summed E-state index contributed by atoms with van der Waals surface area (Å²) in [6.07, 6.45) is 6.29. The Balaban J connectivity index is 1.54. The van der Waals surface area contributed by atoms with Crippen molar-refractivity contribution in [2.24, 2.45) is 4.99 Å². The predicted molar refractivity (Wildman–Crippen MR) is 154 cm³/mol. The molecule has 0 N–H and O–H groups in total. The van der Waals surface area contributed by atoms with Gasteiger partial charge in [0, 0.05) is 36.0 Å². The van der Waals surface area contributed by atoms with Crippen molar-refractivity contribution in [2.45, 2.75) is 52.2 Å². The van der Waals surface area contributed by atoms with E-state index in [0.29, 0.717) is 16.6 Å². The van der Waals surface area contributed by atoms with Crippen LogP contribution >= 0.6 is 11.8 Å². The molecule has 2 fully saturated rings. The summed E-state index contributed by atoms with van der Waals surface area (Å²) in [5.74, 6) is 0.710. The van der Waals surface area contributed by atoms with Gasteiger partial charge in [-0.3, -0.25) is 9.69 Å². The number of carbonyl (C=O) groups excluding carboxylic acids is 1. The molecule has 37 heavy (non-hydrogen) atoms. The molecule has 5 rings (SSSR count). The molecule has 194 valence electrons. The van der Waals surface area contributed by atoms with Crippen molar-refractivity contribution in [3.05, 3.63) is 64.6 Å². The van der Waals surface area contributed by atoms with E-state index in [1.807, 2.05) is 36.4 Å². The van der Waals surface area contributed by atoms with E-state index in [-0.39, 0.29) is 17.6 Å². The number of methoxy groups -OCH3 is 1. The molecule has 0 aliphatic carbocycles. The Morgan fingerprint density at radius 3 is 2.70 bits per heavy atom. The minimum Gasteiger partial charge on any atom is -0.496 e. The van der Waals surface area contributed by atoms with Crippen LogP contribution in [-0.2, 0) is 9.53 Å². The fourth-order valence-electron chi connectivity index (χ4n) is 5.49. The number of fused-ring (bicyclic) bond motifs is 1. The highest BCUT2D eigenvalue weighted by molar-refractivity contribution is 8.18. The number of ether oxygens (including phenoxy) is 2. The van der Waals surface area contributed by atoms with Gasteiger partial charge >= 0.3 is 0 Å². The molecule has 1 amide bonds. The SMILES string of the molecule is CCN1c2cc(OC)c(/C=C3/SC(=Nc4ccccc4)N(CC4CCCO4)C3=O)cc2C(C)=CC1(C)C. The Kier molecular flexibility index (Phi) is 7.19. The van der Waals surface area contributed by atoms with Crippen LogP contribution in [0.1, 0.15) is 51.7 Å². The van der Waals surface area contributed by atoms with Crippen molar-refractivity contribution in [1.82, 2.24) is 4.90 Å². The molecule has 0 saturated carbocycles. The zero-order valence-electron chi connectivity index (χ0n) is 22.3. The maximum Gasteiger partial charge on any atom is 0.266 e. The van der Waals surface area contributed by atoms with E-state index in [2.05, 4.69) is 50.8 Å². The molecule has 0 spiro atoms. The van der Waals surface area contributed by atoms with Crippen LogP contribution in [0.3, 0.4) is 0 Å². The van der Waals surface area contributed by atoms with E-state index < -0.39 is 0 Å². The van der Waals surface area contributed by atoms with Crippen molar-refractivity contribution >= 4 is 45.9 Å². The highest BCUT2D eigenvalue weighted by Gasteiger charge is 2.37. The number of benzene rings is 2. The van der Waals surface area contributed by atoms with Crippen molar-refractivity contribution in [2.75, 3.05) is 31.7 Å². The number of anilines is 1. The fraction of sp³-hybridized carbons (Fsp3) is 0.400. The molecule has 1 unspecified atom stereocenters. The van der Waals surface area contributed by atoms with Crippen LogP contribution in [0.15, 0.2) is 58.4 Å². The van der Waals surface area contributed by atoms with E-state index in [9.17, 15) is 4.79 Å². The maximum atomic E-state index is 13.7. The Morgan fingerprint density at radius 2 is 2.03 bits per heavy atom. The lowest BCUT2D eigenvalue weighted by molar-refractivity contribution is -0.123. The molecule has 6 nitrogen and oxygen atoms in total. The van der Waals surface area contributed by atoms with Crippen molar-refractivity contribution in [3.63, 3.8) is 0 Å². The third-order valence-corrected chi connectivity index (χ3v) is 8.22. The smallest absolute Gasteiger partial charge is 0.266 e. The largest absolute Gasteiger partial charge is 0.496 e. The Hall–Kier alpha value is -3.03. The first-order chi connectivity index (χ1) is 17.8. The van der Waals surface area contributed by atoms with Gasteiger partial charge in [-0.25, -0.2) is 4.99 Å². The topological polar surface area (TPSA) is 54.4 Å². The standard InChI is InChI=1S/C30H35N3O3S/c1-6-33-25-17-26(35-5)21(15-24(25)20(2)18-30(33,3)4)16-27-28(34)32(19-23-13-10-14-36-23)29(37-27)31-22-11-8-7-9-12-22/h7-9,11-12,15-18,23H,6,10,13-14,19H2,1-5H3/b27-16+,31-29?. The molecule has 0 bridgehead atoms. The highest BCUT2D eigenvalue weighted by atomic mass is 32.2. The van der Waals surface area contributed by atoms with E-state index in [1.165, 1.54) is 22.9 Å². The number of allylic oxidation sites excluding steroid dienone is 1. The van der Waals surface area contributed by atoms with Gasteiger partial charge in [-0.1, -0.05) is 24.3 Å². The number of nitrogens with zero attached hydrogens (tertiary/aromatic N) is 3. The summed E-state index contributed by atoms with van der Waals surface area (Å²) in [7, 11) is 1.69. The number of aliphatic imine (C=N–C) groups is 1. The van der Waals surface area contributed by atoms with Crippen LogP contribution in [0.4, 0.5) is 11.4 Å². The molecule has 1 atom stereocenters. The summed E-state index contributed by atoms with van der Waals surface area (Å²) < 4.78 is 11.7. The Morgan fingerprint density at radius 1 is 1.24 bits per heavy atom. The summed E-state index contributed by atoms with van der Waals surface area (Å²) in [6.45, 7) is 10.9. The zero-order chi connectivity index (χ0) is 26.2. The third kappa shape index (κ3) is 5.07. The number of amidine groups is 1. The molecular weight excluding hydrogens is 482 g/mol. The minimum absolute atomic E-state index is 0.0410. The molecule has 3 aliphatic heterocycles. The van der Waals surface area contributed by atoms with Gasteiger partial charge in [0.05, 0.1) is 35.9 Å². The molecule has 0 aromatic heterocycles. The molecule has 2 saturated heterocycles. The van der Waals surface area contributed by atoms with Crippen LogP contribution in [0.2, 0.25) is 0 Å². The van der Waals surface area contributed by atoms with Gasteiger partial charge in [0.15, 0.2) is 5.17 Å². The summed E-state index contributed by atoms with van der Waals surface area (Å²) in [5, 5.41) is 0.685. The van der Waals surface area contributed by atoms with E-state index in [0.717, 1.165) is 48.7 Å². The van der Waals surface area contributed by atoms with Crippen LogP contribution in [-0.4, -0.2) is 54.4 Å². The highest BCUT2D eigenvalue weighted by Crippen LogP contribution is 2.43. The van der Waals surface area contributed by atoms with Gasteiger partial charge in [-0.2, -0.15) is 0 Å². The molecule has 2 aromatic rings. The number of para-hydroxylation sites is 1. The number of hydrogen-bond donors (Lipinski definition) is 0. The summed E-state index contributed by atoms with van der Waals surface area (Å²) in [6, 6.07) is 14.0. The molecular formula is C30H35N3O3S. The van der Waals surface area contributed by atoms with Gasteiger partial charge in [0.1, 0.15) is 5.75 Å². The second-order valence-corrected chi connectivity index (χ2v) is 11.2.